The van der Waals surface area contributed by atoms with Gasteiger partial charge in [0.15, 0.2) is 0 Å². The number of oxime groups is 1. The van der Waals surface area contributed by atoms with Crippen LogP contribution >= 0.6 is 0 Å². The highest BCUT2D eigenvalue weighted by Crippen LogP contribution is 2.14. The summed E-state index contributed by atoms with van der Waals surface area (Å²) in [5.74, 6) is -0.0674. The van der Waals surface area contributed by atoms with Crippen LogP contribution in [0.1, 0.15) is 13.8 Å². The summed E-state index contributed by atoms with van der Waals surface area (Å²) in [6.07, 6.45) is -4.29. The zero-order chi connectivity index (χ0) is 14.2. The first-order valence-corrected chi connectivity index (χ1v) is 5.64. The van der Waals surface area contributed by atoms with Gasteiger partial charge in [0.2, 0.25) is 0 Å². The Labute approximate surface area is 104 Å². The second-order valence-electron chi connectivity index (χ2n) is 3.99. The molecule has 0 radical (unpaired) electrons. The molecule has 0 spiro atoms. The van der Waals surface area contributed by atoms with Crippen molar-refractivity contribution in [2.75, 3.05) is 32.8 Å². The van der Waals surface area contributed by atoms with Gasteiger partial charge in [0.05, 0.1) is 6.61 Å². The van der Waals surface area contributed by atoms with Crippen LogP contribution < -0.4 is 5.73 Å². The first-order chi connectivity index (χ1) is 8.30. The number of alkyl halides is 3. The molecule has 0 aromatic heterocycles. The van der Waals surface area contributed by atoms with Crippen molar-refractivity contribution >= 4 is 5.84 Å². The topological polar surface area (TPSA) is 71.1 Å². The van der Waals surface area contributed by atoms with E-state index in [1.54, 1.807) is 6.92 Å². The van der Waals surface area contributed by atoms with Gasteiger partial charge >= 0.3 is 6.18 Å². The predicted molar refractivity (Wildman–Crippen MR) is 61.6 cm³/mol. The van der Waals surface area contributed by atoms with Crippen LogP contribution in [0.25, 0.3) is 0 Å². The van der Waals surface area contributed by atoms with E-state index in [9.17, 15) is 13.2 Å². The Bertz CT molecular complexity index is 259. The summed E-state index contributed by atoms with van der Waals surface area (Å²) in [5, 5.41) is 11.4. The lowest BCUT2D eigenvalue weighted by molar-refractivity contribution is -0.174. The lowest BCUT2D eigenvalue weighted by Crippen LogP contribution is -2.37. The van der Waals surface area contributed by atoms with Crippen molar-refractivity contribution in [2.45, 2.75) is 20.0 Å². The SMILES string of the molecule is CCN(CCOCC(F)(F)F)CC(C)/C(N)=N/O. The van der Waals surface area contributed by atoms with E-state index in [1.807, 2.05) is 11.8 Å². The van der Waals surface area contributed by atoms with E-state index in [0.717, 1.165) is 0 Å². The number of nitrogens with two attached hydrogens (primary N) is 1. The quantitative estimate of drug-likeness (QED) is 0.229. The maximum Gasteiger partial charge on any atom is 0.411 e. The van der Waals surface area contributed by atoms with Crippen molar-refractivity contribution in [3.05, 3.63) is 0 Å². The van der Waals surface area contributed by atoms with Crippen LogP contribution in [-0.2, 0) is 4.74 Å². The second-order valence-corrected chi connectivity index (χ2v) is 3.99. The van der Waals surface area contributed by atoms with Gasteiger partial charge < -0.3 is 20.6 Å². The summed E-state index contributed by atoms with van der Waals surface area (Å²) in [5.41, 5.74) is 5.42. The van der Waals surface area contributed by atoms with E-state index in [1.165, 1.54) is 0 Å². The molecule has 0 bridgehead atoms. The molecule has 0 heterocycles. The van der Waals surface area contributed by atoms with Gasteiger partial charge in [-0.1, -0.05) is 19.0 Å². The van der Waals surface area contributed by atoms with Gasteiger partial charge in [0, 0.05) is 19.0 Å². The van der Waals surface area contributed by atoms with Gasteiger partial charge in [0.1, 0.15) is 12.4 Å². The van der Waals surface area contributed by atoms with Gasteiger partial charge in [-0.2, -0.15) is 13.2 Å². The fraction of sp³-hybridized carbons (Fsp3) is 0.900. The Balaban J connectivity index is 3.91. The highest BCUT2D eigenvalue weighted by Gasteiger charge is 2.27. The van der Waals surface area contributed by atoms with Crippen LogP contribution in [0.15, 0.2) is 5.16 Å². The highest BCUT2D eigenvalue weighted by atomic mass is 19.4. The van der Waals surface area contributed by atoms with E-state index in [4.69, 9.17) is 10.9 Å². The molecule has 1 unspecified atom stereocenters. The molecule has 0 saturated heterocycles. The number of amidine groups is 1. The van der Waals surface area contributed by atoms with Crippen LogP contribution in [0.2, 0.25) is 0 Å². The summed E-state index contributed by atoms with van der Waals surface area (Å²) in [4.78, 5) is 1.87. The number of rotatable bonds is 8. The third-order valence-electron chi connectivity index (χ3n) is 2.42. The number of hydrogen-bond acceptors (Lipinski definition) is 4. The maximum atomic E-state index is 11.8. The van der Waals surface area contributed by atoms with Crippen molar-refractivity contribution in [1.29, 1.82) is 0 Å². The molecule has 0 fully saturated rings. The van der Waals surface area contributed by atoms with Crippen molar-refractivity contribution in [3.63, 3.8) is 0 Å². The first kappa shape index (κ1) is 17.0. The molecule has 0 aromatic rings. The Morgan fingerprint density at radius 1 is 1.50 bits per heavy atom. The van der Waals surface area contributed by atoms with Crippen LogP contribution in [0.5, 0.6) is 0 Å². The molecule has 0 amide bonds. The van der Waals surface area contributed by atoms with Gasteiger partial charge in [-0.15, -0.1) is 0 Å². The molecule has 0 saturated carbocycles. The normalized spacial score (nSPS) is 15.1. The average molecular weight is 271 g/mol. The molecule has 108 valence electrons. The Morgan fingerprint density at radius 2 is 2.11 bits per heavy atom. The molecule has 0 aliphatic carbocycles. The average Bonchev–Trinajstić information content (AvgIpc) is 2.30. The van der Waals surface area contributed by atoms with E-state index < -0.39 is 12.8 Å². The minimum Gasteiger partial charge on any atom is -0.409 e. The number of halogens is 3. The maximum absolute atomic E-state index is 11.8. The first-order valence-electron chi connectivity index (χ1n) is 5.64. The lowest BCUT2D eigenvalue weighted by atomic mass is 10.1. The molecule has 1 atom stereocenters. The van der Waals surface area contributed by atoms with Crippen molar-refractivity contribution in [3.8, 4) is 0 Å². The number of ether oxygens (including phenoxy) is 1. The molecule has 0 aromatic carbocycles. The largest absolute Gasteiger partial charge is 0.411 e. The monoisotopic (exact) mass is 271 g/mol. The Morgan fingerprint density at radius 3 is 2.56 bits per heavy atom. The predicted octanol–water partition coefficient (Wildman–Crippen LogP) is 1.27. The standard InChI is InChI=1S/C10H20F3N3O2/c1-3-16(6-8(2)9(14)15-17)4-5-18-7-10(11,12)13/h8,17H,3-7H2,1-2H3,(H2,14,15). The second kappa shape index (κ2) is 8.15. The summed E-state index contributed by atoms with van der Waals surface area (Å²) < 4.78 is 40.0. The molecule has 0 aliphatic rings. The third-order valence-corrected chi connectivity index (χ3v) is 2.42. The molecule has 3 N–H and O–H groups in total. The van der Waals surface area contributed by atoms with Gasteiger partial charge in [-0.3, -0.25) is 0 Å². The highest BCUT2D eigenvalue weighted by molar-refractivity contribution is 5.82. The summed E-state index contributed by atoms with van der Waals surface area (Å²) >= 11 is 0. The summed E-state index contributed by atoms with van der Waals surface area (Å²) in [6, 6.07) is 0. The van der Waals surface area contributed by atoms with Crippen LogP contribution in [0, 0.1) is 5.92 Å². The minimum absolute atomic E-state index is 0.00373. The molecular weight excluding hydrogens is 251 g/mol. The van der Waals surface area contributed by atoms with Crippen LogP contribution in [0.3, 0.4) is 0 Å². The smallest absolute Gasteiger partial charge is 0.409 e. The molecule has 18 heavy (non-hydrogen) atoms. The van der Waals surface area contributed by atoms with Gasteiger partial charge in [0.25, 0.3) is 0 Å². The fourth-order valence-electron chi connectivity index (χ4n) is 1.34. The van der Waals surface area contributed by atoms with Crippen LogP contribution in [0.4, 0.5) is 13.2 Å². The zero-order valence-corrected chi connectivity index (χ0v) is 10.6. The molecule has 8 heteroatoms. The van der Waals surface area contributed by atoms with Gasteiger partial charge in [-0.25, -0.2) is 0 Å². The molecular formula is C10H20F3N3O2. The van der Waals surface area contributed by atoms with Crippen LogP contribution in [-0.4, -0.2) is 55.0 Å². The summed E-state index contributed by atoms with van der Waals surface area (Å²) in [7, 11) is 0. The van der Waals surface area contributed by atoms with E-state index in [0.29, 0.717) is 19.6 Å². The molecule has 0 aliphatic heterocycles. The van der Waals surface area contributed by atoms with Crippen molar-refractivity contribution < 1.29 is 23.1 Å². The molecule has 5 nitrogen and oxygen atoms in total. The Kier molecular flexibility index (Phi) is 7.69. The Hall–Kier alpha value is -1.02. The van der Waals surface area contributed by atoms with Crippen molar-refractivity contribution in [1.82, 2.24) is 4.90 Å². The molecule has 0 rings (SSSR count). The summed E-state index contributed by atoms with van der Waals surface area (Å²) in [6.45, 7) is 3.93. The number of nitrogens with zero attached hydrogens (tertiary/aromatic N) is 2. The van der Waals surface area contributed by atoms with E-state index in [-0.39, 0.29) is 18.4 Å². The van der Waals surface area contributed by atoms with Crippen molar-refractivity contribution in [2.24, 2.45) is 16.8 Å². The number of hydrogen-bond donors (Lipinski definition) is 2. The number of likely N-dealkylation sites (N-methyl/N-ethyl adjacent to an activating group) is 1. The lowest BCUT2D eigenvalue weighted by Gasteiger charge is -2.23. The zero-order valence-electron chi connectivity index (χ0n) is 10.6. The van der Waals surface area contributed by atoms with E-state index in [2.05, 4.69) is 9.89 Å². The van der Waals surface area contributed by atoms with Gasteiger partial charge in [-0.05, 0) is 6.54 Å². The van der Waals surface area contributed by atoms with E-state index >= 15 is 0 Å². The third kappa shape index (κ3) is 8.13. The fourth-order valence-corrected chi connectivity index (χ4v) is 1.34. The minimum atomic E-state index is -4.29.